The number of fused-ring (bicyclic) bond motifs is 1. The van der Waals surface area contributed by atoms with E-state index in [1.807, 2.05) is 11.8 Å². The largest absolute Gasteiger partial charge is 0.376 e. The van der Waals surface area contributed by atoms with Gasteiger partial charge in [0.15, 0.2) is 5.13 Å². The lowest BCUT2D eigenvalue weighted by Gasteiger charge is -2.22. The van der Waals surface area contributed by atoms with Crippen molar-refractivity contribution in [3.05, 3.63) is 23.3 Å². The van der Waals surface area contributed by atoms with E-state index in [0.29, 0.717) is 13.0 Å². The third kappa shape index (κ3) is 3.01. The highest BCUT2D eigenvalue weighted by molar-refractivity contribution is 7.22. The van der Waals surface area contributed by atoms with Gasteiger partial charge in [-0.1, -0.05) is 18.3 Å². The van der Waals surface area contributed by atoms with Crippen LogP contribution in [0.1, 0.15) is 37.3 Å². The highest BCUT2D eigenvalue weighted by Crippen LogP contribution is 2.32. The van der Waals surface area contributed by atoms with Gasteiger partial charge in [-0.3, -0.25) is 9.69 Å². The fourth-order valence-electron chi connectivity index (χ4n) is 2.75. The quantitative estimate of drug-likeness (QED) is 0.860. The molecule has 0 bridgehead atoms. The van der Waals surface area contributed by atoms with Crippen LogP contribution in [0.25, 0.3) is 10.2 Å². The zero-order valence-corrected chi connectivity index (χ0v) is 14.2. The van der Waals surface area contributed by atoms with Crippen molar-refractivity contribution in [2.75, 3.05) is 18.1 Å². The summed E-state index contributed by atoms with van der Waals surface area (Å²) < 4.78 is 6.83. The number of hydrogen-bond acceptors (Lipinski definition) is 4. The van der Waals surface area contributed by atoms with E-state index in [2.05, 4.69) is 26.0 Å². The number of hydrogen-bond donors (Lipinski definition) is 0. The molecule has 1 saturated heterocycles. The van der Waals surface area contributed by atoms with Crippen LogP contribution in [0, 0.1) is 13.8 Å². The molecular weight excluding hydrogens is 296 g/mol. The first-order chi connectivity index (χ1) is 10.6. The SMILES string of the molecule is CCC(=O)N(CC1CCCO1)c1nc2cc(C)c(C)cc2s1. The van der Waals surface area contributed by atoms with E-state index in [1.165, 1.54) is 11.1 Å². The van der Waals surface area contributed by atoms with Gasteiger partial charge < -0.3 is 4.74 Å². The number of carbonyl (C=O) groups is 1. The summed E-state index contributed by atoms with van der Waals surface area (Å²) in [4.78, 5) is 18.9. The molecule has 22 heavy (non-hydrogen) atoms. The van der Waals surface area contributed by atoms with E-state index in [0.717, 1.165) is 34.8 Å². The highest BCUT2D eigenvalue weighted by Gasteiger charge is 2.25. The zero-order valence-electron chi connectivity index (χ0n) is 13.4. The van der Waals surface area contributed by atoms with Crippen LogP contribution in [0.4, 0.5) is 5.13 Å². The molecule has 3 rings (SSSR count). The lowest BCUT2D eigenvalue weighted by atomic mass is 10.1. The fourth-order valence-corrected chi connectivity index (χ4v) is 3.82. The zero-order chi connectivity index (χ0) is 15.7. The van der Waals surface area contributed by atoms with Gasteiger partial charge in [-0.25, -0.2) is 4.98 Å². The minimum Gasteiger partial charge on any atom is -0.376 e. The molecule has 4 nitrogen and oxygen atoms in total. The average Bonchev–Trinajstić information content (AvgIpc) is 3.13. The van der Waals surface area contributed by atoms with Crippen LogP contribution in [-0.2, 0) is 9.53 Å². The molecule has 1 fully saturated rings. The Morgan fingerprint density at radius 1 is 1.41 bits per heavy atom. The van der Waals surface area contributed by atoms with E-state index in [4.69, 9.17) is 9.72 Å². The van der Waals surface area contributed by atoms with Crippen LogP contribution >= 0.6 is 11.3 Å². The number of aromatic nitrogens is 1. The first kappa shape index (κ1) is 15.4. The summed E-state index contributed by atoms with van der Waals surface area (Å²) in [6.45, 7) is 7.51. The van der Waals surface area contributed by atoms with Crippen molar-refractivity contribution in [3.8, 4) is 0 Å². The monoisotopic (exact) mass is 318 g/mol. The molecule has 1 aliphatic heterocycles. The van der Waals surface area contributed by atoms with E-state index in [9.17, 15) is 4.79 Å². The molecule has 0 spiro atoms. The average molecular weight is 318 g/mol. The molecule has 118 valence electrons. The van der Waals surface area contributed by atoms with Crippen LogP contribution < -0.4 is 4.90 Å². The second kappa shape index (κ2) is 6.34. The van der Waals surface area contributed by atoms with Gasteiger partial charge in [0.1, 0.15) is 0 Å². The Kier molecular flexibility index (Phi) is 4.45. The van der Waals surface area contributed by atoms with Crippen molar-refractivity contribution in [2.24, 2.45) is 0 Å². The Morgan fingerprint density at radius 3 is 2.86 bits per heavy atom. The van der Waals surface area contributed by atoms with E-state index < -0.39 is 0 Å². The summed E-state index contributed by atoms with van der Waals surface area (Å²) in [7, 11) is 0. The van der Waals surface area contributed by atoms with Crippen LogP contribution in [-0.4, -0.2) is 30.1 Å². The molecule has 1 aliphatic rings. The van der Waals surface area contributed by atoms with Gasteiger partial charge in [0, 0.05) is 13.0 Å². The molecule has 2 heterocycles. The lowest BCUT2D eigenvalue weighted by Crippen LogP contribution is -2.37. The maximum absolute atomic E-state index is 12.3. The number of benzene rings is 1. The number of thiazole rings is 1. The van der Waals surface area contributed by atoms with Gasteiger partial charge in [-0.05, 0) is 49.9 Å². The summed E-state index contributed by atoms with van der Waals surface area (Å²) in [5.74, 6) is 0.114. The Hall–Kier alpha value is -1.46. The van der Waals surface area contributed by atoms with Crippen molar-refractivity contribution in [1.82, 2.24) is 4.98 Å². The Bertz CT molecular complexity index is 650. The topological polar surface area (TPSA) is 42.4 Å². The van der Waals surface area contributed by atoms with Crippen LogP contribution in [0.5, 0.6) is 0 Å². The number of aryl methyl sites for hydroxylation is 2. The minimum absolute atomic E-state index is 0.114. The van der Waals surface area contributed by atoms with E-state index >= 15 is 0 Å². The maximum atomic E-state index is 12.3. The fraction of sp³-hybridized carbons (Fsp3) is 0.529. The van der Waals surface area contributed by atoms with Crippen molar-refractivity contribution < 1.29 is 9.53 Å². The van der Waals surface area contributed by atoms with Crippen LogP contribution in [0.2, 0.25) is 0 Å². The number of nitrogens with zero attached hydrogens (tertiary/aromatic N) is 2. The Balaban J connectivity index is 1.94. The first-order valence-corrected chi connectivity index (χ1v) is 8.70. The molecule has 0 N–H and O–H groups in total. The van der Waals surface area contributed by atoms with E-state index in [1.54, 1.807) is 11.3 Å². The van der Waals surface area contributed by atoms with Gasteiger partial charge in [-0.15, -0.1) is 0 Å². The summed E-state index contributed by atoms with van der Waals surface area (Å²) in [6.07, 6.45) is 2.74. The molecule has 1 amide bonds. The smallest absolute Gasteiger partial charge is 0.228 e. The second-order valence-electron chi connectivity index (χ2n) is 5.89. The number of amides is 1. The standard InChI is InChI=1S/C17H22N2O2S/c1-4-16(20)19(10-13-6-5-7-21-13)17-18-14-8-11(2)12(3)9-15(14)22-17/h8-9,13H,4-7,10H2,1-3H3. The number of carbonyl (C=O) groups excluding carboxylic acids is 1. The van der Waals surface area contributed by atoms with Crippen LogP contribution in [0.15, 0.2) is 12.1 Å². The van der Waals surface area contributed by atoms with Gasteiger partial charge in [0.25, 0.3) is 0 Å². The van der Waals surface area contributed by atoms with E-state index in [-0.39, 0.29) is 12.0 Å². The molecule has 5 heteroatoms. The van der Waals surface area contributed by atoms with Crippen molar-refractivity contribution in [2.45, 2.75) is 46.1 Å². The summed E-state index contributed by atoms with van der Waals surface area (Å²) in [5, 5.41) is 0.794. The van der Waals surface area contributed by atoms with Gasteiger partial charge in [0.2, 0.25) is 5.91 Å². The Labute approximate surface area is 135 Å². The molecular formula is C17H22N2O2S. The molecule has 0 radical (unpaired) electrons. The normalized spacial score (nSPS) is 18.0. The maximum Gasteiger partial charge on any atom is 0.228 e. The molecule has 1 unspecified atom stereocenters. The van der Waals surface area contributed by atoms with Gasteiger partial charge >= 0.3 is 0 Å². The number of ether oxygens (including phenoxy) is 1. The second-order valence-corrected chi connectivity index (χ2v) is 6.90. The molecule has 0 saturated carbocycles. The molecule has 2 aromatic rings. The summed E-state index contributed by atoms with van der Waals surface area (Å²) in [5.41, 5.74) is 3.47. The first-order valence-electron chi connectivity index (χ1n) is 7.88. The third-order valence-electron chi connectivity index (χ3n) is 4.24. The lowest BCUT2D eigenvalue weighted by molar-refractivity contribution is -0.118. The van der Waals surface area contributed by atoms with Crippen LogP contribution in [0.3, 0.4) is 0 Å². The number of rotatable bonds is 4. The van der Waals surface area contributed by atoms with Gasteiger partial charge in [-0.2, -0.15) is 0 Å². The van der Waals surface area contributed by atoms with Crippen molar-refractivity contribution in [1.29, 1.82) is 0 Å². The third-order valence-corrected chi connectivity index (χ3v) is 5.28. The minimum atomic E-state index is 0.114. The van der Waals surface area contributed by atoms with Crippen molar-refractivity contribution in [3.63, 3.8) is 0 Å². The molecule has 1 atom stereocenters. The number of anilines is 1. The molecule has 0 aliphatic carbocycles. The van der Waals surface area contributed by atoms with Crippen molar-refractivity contribution >= 4 is 32.6 Å². The summed E-state index contributed by atoms with van der Waals surface area (Å²) >= 11 is 1.59. The highest BCUT2D eigenvalue weighted by atomic mass is 32.1. The predicted molar refractivity (Wildman–Crippen MR) is 90.7 cm³/mol. The predicted octanol–water partition coefficient (Wildman–Crippen LogP) is 3.84. The molecule has 1 aromatic heterocycles. The Morgan fingerprint density at radius 2 is 2.18 bits per heavy atom. The summed E-state index contributed by atoms with van der Waals surface area (Å²) in [6, 6.07) is 4.26. The molecule has 1 aromatic carbocycles. The van der Waals surface area contributed by atoms with Gasteiger partial charge in [0.05, 0.1) is 22.9 Å².